The van der Waals surface area contributed by atoms with E-state index >= 15 is 0 Å². The first-order valence-electron chi connectivity index (χ1n) is 9.67. The quantitative estimate of drug-likeness (QED) is 0.628. The third-order valence-corrected chi connectivity index (χ3v) is 6.24. The van der Waals surface area contributed by atoms with Crippen LogP contribution in [0.15, 0.2) is 36.4 Å². The predicted octanol–water partition coefficient (Wildman–Crippen LogP) is 5.12. The molecular formula is C22H24ClN5O. The summed E-state index contributed by atoms with van der Waals surface area (Å²) < 4.78 is 0. The van der Waals surface area contributed by atoms with Crippen LogP contribution in [0, 0.1) is 0 Å². The molecule has 2 N–H and O–H groups in total. The molecule has 1 heterocycles. The van der Waals surface area contributed by atoms with E-state index in [1.54, 1.807) is 18.2 Å². The predicted molar refractivity (Wildman–Crippen MR) is 114 cm³/mol. The number of hydrogen-bond donors (Lipinski definition) is 2. The summed E-state index contributed by atoms with van der Waals surface area (Å²) >= 11 is 6.34. The molecule has 6 nitrogen and oxygen atoms in total. The lowest BCUT2D eigenvalue weighted by molar-refractivity contribution is 0.102. The number of halogens is 1. The summed E-state index contributed by atoms with van der Waals surface area (Å²) in [6, 6.07) is 11.3. The molecule has 29 heavy (non-hydrogen) atoms. The van der Waals surface area contributed by atoms with Gasteiger partial charge in [-0.15, -0.1) is 10.2 Å². The van der Waals surface area contributed by atoms with Crippen molar-refractivity contribution >= 4 is 23.2 Å². The molecule has 0 saturated heterocycles. The summed E-state index contributed by atoms with van der Waals surface area (Å²) in [4.78, 5) is 12.9. The van der Waals surface area contributed by atoms with Gasteiger partial charge >= 0.3 is 0 Å². The fourth-order valence-corrected chi connectivity index (χ4v) is 4.25. The number of fused-ring (bicyclic) bond motifs is 1. The maximum atomic E-state index is 12.9. The zero-order chi connectivity index (χ0) is 20.8. The van der Waals surface area contributed by atoms with Crippen LogP contribution in [0.3, 0.4) is 0 Å². The van der Waals surface area contributed by atoms with E-state index in [1.165, 1.54) is 11.1 Å². The van der Waals surface area contributed by atoms with Gasteiger partial charge in [-0.3, -0.25) is 4.79 Å². The molecule has 1 aliphatic carbocycles. The number of carbonyl (C=O) groups excluding carboxylic acids is 1. The number of carbonyl (C=O) groups is 1. The van der Waals surface area contributed by atoms with Crippen molar-refractivity contribution in [2.24, 2.45) is 0 Å². The maximum absolute atomic E-state index is 12.9. The van der Waals surface area contributed by atoms with E-state index in [0.717, 1.165) is 12.8 Å². The van der Waals surface area contributed by atoms with E-state index in [1.807, 2.05) is 12.1 Å². The Labute approximate surface area is 175 Å². The number of rotatable bonds is 3. The zero-order valence-corrected chi connectivity index (χ0v) is 17.8. The fraction of sp³-hybridized carbons (Fsp3) is 0.364. The number of anilines is 1. The topological polar surface area (TPSA) is 83.6 Å². The van der Waals surface area contributed by atoms with Crippen LogP contribution in [-0.2, 0) is 10.8 Å². The highest BCUT2D eigenvalue weighted by Crippen LogP contribution is 2.45. The zero-order valence-electron chi connectivity index (χ0n) is 17.0. The van der Waals surface area contributed by atoms with Gasteiger partial charge in [-0.25, -0.2) is 0 Å². The van der Waals surface area contributed by atoms with E-state index in [9.17, 15) is 4.79 Å². The monoisotopic (exact) mass is 409 g/mol. The molecule has 0 atom stereocenters. The Kier molecular flexibility index (Phi) is 4.69. The van der Waals surface area contributed by atoms with Gasteiger partial charge in [0.2, 0.25) is 5.82 Å². The van der Waals surface area contributed by atoms with Crippen molar-refractivity contribution < 1.29 is 4.79 Å². The highest BCUT2D eigenvalue weighted by Gasteiger charge is 2.37. The Morgan fingerprint density at radius 2 is 1.76 bits per heavy atom. The largest absolute Gasteiger partial charge is 0.322 e. The van der Waals surface area contributed by atoms with Crippen LogP contribution in [0.1, 0.15) is 62.0 Å². The Morgan fingerprint density at radius 3 is 2.41 bits per heavy atom. The Morgan fingerprint density at radius 1 is 1.03 bits per heavy atom. The van der Waals surface area contributed by atoms with Crippen molar-refractivity contribution in [1.82, 2.24) is 20.6 Å². The highest BCUT2D eigenvalue weighted by molar-refractivity contribution is 6.33. The van der Waals surface area contributed by atoms with Gasteiger partial charge in [0.25, 0.3) is 5.91 Å². The number of aromatic nitrogens is 4. The van der Waals surface area contributed by atoms with Gasteiger partial charge in [0.1, 0.15) is 0 Å². The molecule has 1 aromatic heterocycles. The molecule has 0 bridgehead atoms. The summed E-state index contributed by atoms with van der Waals surface area (Å²) in [6.45, 7) is 9.04. The molecule has 0 saturated carbocycles. The minimum atomic E-state index is -0.157. The van der Waals surface area contributed by atoms with Crippen LogP contribution in [0.5, 0.6) is 0 Å². The smallest absolute Gasteiger partial charge is 0.255 e. The molecule has 7 heteroatoms. The summed E-state index contributed by atoms with van der Waals surface area (Å²) in [5.41, 5.74) is 4.67. The summed E-state index contributed by atoms with van der Waals surface area (Å²) in [6.07, 6.45) is 2.25. The van der Waals surface area contributed by atoms with E-state index in [4.69, 9.17) is 11.6 Å². The number of H-pyrrole nitrogens is 1. The van der Waals surface area contributed by atoms with Gasteiger partial charge in [-0.1, -0.05) is 45.4 Å². The van der Waals surface area contributed by atoms with E-state index in [0.29, 0.717) is 27.7 Å². The first-order chi connectivity index (χ1) is 13.7. The third-order valence-electron chi connectivity index (χ3n) is 5.93. The van der Waals surface area contributed by atoms with Crippen molar-refractivity contribution in [1.29, 1.82) is 0 Å². The SMILES string of the molecule is CC1(C)CCC(C)(C)c2cc(C(=O)Nc3ccc(-c4nn[nH]n4)c(Cl)c3)ccc21. The number of hydrogen-bond acceptors (Lipinski definition) is 4. The van der Waals surface area contributed by atoms with E-state index in [2.05, 4.69) is 59.7 Å². The first-order valence-corrected chi connectivity index (χ1v) is 10.0. The minimum absolute atomic E-state index is 0.0523. The van der Waals surface area contributed by atoms with E-state index < -0.39 is 0 Å². The van der Waals surface area contributed by atoms with Crippen LogP contribution in [0.4, 0.5) is 5.69 Å². The number of tetrazole rings is 1. The van der Waals surface area contributed by atoms with Gasteiger partial charge in [-0.05, 0) is 70.3 Å². The first kappa shape index (κ1) is 19.6. The Bertz CT molecular complexity index is 1070. The lowest BCUT2D eigenvalue weighted by Gasteiger charge is -2.42. The van der Waals surface area contributed by atoms with Crippen molar-refractivity contribution in [2.75, 3.05) is 5.32 Å². The fourth-order valence-electron chi connectivity index (χ4n) is 3.98. The second kappa shape index (κ2) is 6.95. The molecule has 4 rings (SSSR count). The van der Waals surface area contributed by atoms with Crippen molar-refractivity contribution in [3.05, 3.63) is 58.1 Å². The average molecular weight is 410 g/mol. The van der Waals surface area contributed by atoms with Crippen LogP contribution in [0.2, 0.25) is 5.02 Å². The number of aromatic amines is 1. The normalized spacial score (nSPS) is 16.9. The molecule has 0 spiro atoms. The Balaban J connectivity index is 1.60. The third kappa shape index (κ3) is 3.65. The molecule has 0 unspecified atom stereocenters. The average Bonchev–Trinajstić information content (AvgIpc) is 3.20. The standard InChI is InChI=1S/C22H24ClN5O/c1-21(2)9-10-22(3,4)17-11-13(5-8-16(17)21)20(29)24-14-6-7-15(18(23)12-14)19-25-27-28-26-19/h5-8,11-12H,9-10H2,1-4H3,(H,24,29)(H,25,26,27,28). The Hall–Kier alpha value is -2.73. The lowest BCUT2D eigenvalue weighted by Crippen LogP contribution is -2.34. The second-order valence-corrected chi connectivity index (χ2v) is 9.32. The van der Waals surface area contributed by atoms with Gasteiger partial charge in [0.15, 0.2) is 0 Å². The van der Waals surface area contributed by atoms with Crippen molar-refractivity contribution in [2.45, 2.75) is 51.4 Å². The van der Waals surface area contributed by atoms with Gasteiger partial charge in [-0.2, -0.15) is 5.21 Å². The number of nitrogens with zero attached hydrogens (tertiary/aromatic N) is 3. The summed E-state index contributed by atoms with van der Waals surface area (Å²) in [5.74, 6) is 0.253. The molecule has 3 aromatic rings. The minimum Gasteiger partial charge on any atom is -0.322 e. The number of benzene rings is 2. The molecule has 0 radical (unpaired) electrons. The molecule has 150 valence electrons. The van der Waals surface area contributed by atoms with Crippen LogP contribution in [0.25, 0.3) is 11.4 Å². The van der Waals surface area contributed by atoms with Gasteiger partial charge in [0.05, 0.1) is 5.02 Å². The van der Waals surface area contributed by atoms with Crippen molar-refractivity contribution in [3.8, 4) is 11.4 Å². The van der Waals surface area contributed by atoms with Crippen LogP contribution < -0.4 is 5.32 Å². The summed E-state index contributed by atoms with van der Waals surface area (Å²) in [5, 5.41) is 17.2. The molecule has 0 fully saturated rings. The molecule has 0 aliphatic heterocycles. The molecular weight excluding hydrogens is 386 g/mol. The maximum Gasteiger partial charge on any atom is 0.255 e. The summed E-state index contributed by atoms with van der Waals surface area (Å²) in [7, 11) is 0. The lowest BCUT2D eigenvalue weighted by atomic mass is 9.63. The molecule has 1 aliphatic rings. The van der Waals surface area contributed by atoms with E-state index in [-0.39, 0.29) is 16.7 Å². The number of amides is 1. The highest BCUT2D eigenvalue weighted by atomic mass is 35.5. The molecule has 1 amide bonds. The number of nitrogens with one attached hydrogen (secondary N) is 2. The molecule has 2 aromatic carbocycles. The van der Waals surface area contributed by atoms with Gasteiger partial charge in [0, 0.05) is 16.8 Å². The van der Waals surface area contributed by atoms with Crippen LogP contribution in [-0.4, -0.2) is 26.5 Å². The van der Waals surface area contributed by atoms with Gasteiger partial charge < -0.3 is 5.32 Å². The second-order valence-electron chi connectivity index (χ2n) is 8.91. The van der Waals surface area contributed by atoms with Crippen LogP contribution >= 0.6 is 11.6 Å². The van der Waals surface area contributed by atoms with Crippen molar-refractivity contribution in [3.63, 3.8) is 0 Å².